The normalized spacial score (nSPS) is 20.6. The van der Waals surface area contributed by atoms with Gasteiger partial charge in [0, 0.05) is 37.3 Å². The topological polar surface area (TPSA) is 95.6 Å². The van der Waals surface area contributed by atoms with Crippen LogP contribution in [0.15, 0.2) is 0 Å². The fourth-order valence-electron chi connectivity index (χ4n) is 2.65. The third-order valence-electron chi connectivity index (χ3n) is 3.68. The minimum atomic E-state index is -0.920. The van der Waals surface area contributed by atoms with Gasteiger partial charge < -0.3 is 15.5 Å². The van der Waals surface area contributed by atoms with Crippen molar-refractivity contribution in [1.29, 1.82) is 0 Å². The molecular formula is C12H24N2O4. The molecule has 18 heavy (non-hydrogen) atoms. The van der Waals surface area contributed by atoms with Gasteiger partial charge >= 0.3 is 0 Å². The molecule has 1 saturated carbocycles. The van der Waals surface area contributed by atoms with E-state index in [0.29, 0.717) is 32.4 Å². The maximum Gasteiger partial charge on any atom is 0.224 e. The Bertz CT molecular complexity index is 254. The number of nitrogens with one attached hydrogen (secondary N) is 1. The first-order chi connectivity index (χ1) is 8.60. The summed E-state index contributed by atoms with van der Waals surface area (Å²) in [7, 11) is 0. The van der Waals surface area contributed by atoms with E-state index < -0.39 is 11.6 Å². The summed E-state index contributed by atoms with van der Waals surface area (Å²) in [6.07, 6.45) is 4.14. The lowest BCUT2D eigenvalue weighted by molar-refractivity contribution is -0.577. The molecule has 106 valence electrons. The van der Waals surface area contributed by atoms with Crippen LogP contribution in [-0.2, 0) is 0 Å². The highest BCUT2D eigenvalue weighted by molar-refractivity contribution is 4.86. The average molecular weight is 260 g/mol. The lowest BCUT2D eigenvalue weighted by Gasteiger charge is -2.30. The fraction of sp³-hybridized carbons (Fsp3) is 1.00. The van der Waals surface area contributed by atoms with Crippen LogP contribution in [0.2, 0.25) is 0 Å². The van der Waals surface area contributed by atoms with Gasteiger partial charge in [-0.1, -0.05) is 6.42 Å². The highest BCUT2D eigenvalue weighted by atomic mass is 16.6. The van der Waals surface area contributed by atoms with E-state index >= 15 is 0 Å². The molecule has 0 saturated heterocycles. The van der Waals surface area contributed by atoms with Gasteiger partial charge in [0.25, 0.3) is 0 Å². The van der Waals surface area contributed by atoms with Gasteiger partial charge in [-0.2, -0.15) is 0 Å². The van der Waals surface area contributed by atoms with Crippen molar-refractivity contribution in [1.82, 2.24) is 5.32 Å². The number of hydrogen-bond acceptors (Lipinski definition) is 5. The molecule has 1 fully saturated rings. The summed E-state index contributed by atoms with van der Waals surface area (Å²) in [5, 5.41) is 32.7. The molecule has 0 heterocycles. The molecule has 0 aliphatic heterocycles. The molecule has 0 aromatic heterocycles. The molecular weight excluding hydrogens is 236 g/mol. The molecule has 1 aliphatic carbocycles. The molecule has 0 aromatic rings. The number of aliphatic hydroxyl groups excluding tert-OH is 2. The molecule has 3 N–H and O–H groups in total. The molecule has 0 aromatic carbocycles. The second-order valence-electron chi connectivity index (χ2n) is 5.18. The number of nitrogens with zero attached hydrogens (tertiary/aromatic N) is 1. The summed E-state index contributed by atoms with van der Waals surface area (Å²) in [4.78, 5) is 11.0. The molecule has 0 radical (unpaired) electrons. The number of rotatable bonds is 8. The van der Waals surface area contributed by atoms with Crippen LogP contribution in [0.5, 0.6) is 0 Å². The van der Waals surface area contributed by atoms with Gasteiger partial charge in [-0.05, 0) is 25.8 Å². The van der Waals surface area contributed by atoms with E-state index in [0.717, 1.165) is 19.3 Å². The minimum absolute atomic E-state index is 0.113. The van der Waals surface area contributed by atoms with Crippen molar-refractivity contribution in [3.8, 4) is 0 Å². The van der Waals surface area contributed by atoms with E-state index in [9.17, 15) is 15.2 Å². The van der Waals surface area contributed by atoms with E-state index in [1.165, 1.54) is 0 Å². The van der Waals surface area contributed by atoms with E-state index in [2.05, 4.69) is 5.32 Å². The van der Waals surface area contributed by atoms with E-state index in [4.69, 9.17) is 5.11 Å². The summed E-state index contributed by atoms with van der Waals surface area (Å²) in [6.45, 7) is 1.09. The maximum atomic E-state index is 11.2. The Hall–Kier alpha value is -0.720. The van der Waals surface area contributed by atoms with Gasteiger partial charge in [-0.3, -0.25) is 10.1 Å². The Balaban J connectivity index is 2.38. The summed E-state index contributed by atoms with van der Waals surface area (Å²) < 4.78 is 0. The van der Waals surface area contributed by atoms with Crippen molar-refractivity contribution in [2.24, 2.45) is 0 Å². The molecule has 0 spiro atoms. The van der Waals surface area contributed by atoms with E-state index in [1.54, 1.807) is 0 Å². The first kappa shape index (κ1) is 15.3. The second kappa shape index (κ2) is 7.66. The highest BCUT2D eigenvalue weighted by Crippen LogP contribution is 2.34. The highest BCUT2D eigenvalue weighted by Gasteiger charge is 2.44. The second-order valence-corrected chi connectivity index (χ2v) is 5.18. The Morgan fingerprint density at radius 2 is 2.00 bits per heavy atom. The Morgan fingerprint density at radius 1 is 1.33 bits per heavy atom. The molecule has 6 nitrogen and oxygen atoms in total. The van der Waals surface area contributed by atoms with Gasteiger partial charge in [0.05, 0.1) is 6.10 Å². The van der Waals surface area contributed by atoms with E-state index in [1.807, 2.05) is 0 Å². The van der Waals surface area contributed by atoms with Crippen molar-refractivity contribution in [2.45, 2.75) is 56.6 Å². The SMILES string of the molecule is O=[N+]([O-])C1(CC(O)CNCCCO)CCCCC1. The van der Waals surface area contributed by atoms with Crippen LogP contribution in [0.1, 0.15) is 44.9 Å². The minimum Gasteiger partial charge on any atom is -0.396 e. The van der Waals surface area contributed by atoms with Gasteiger partial charge in [0.1, 0.15) is 0 Å². The molecule has 1 aliphatic rings. The first-order valence-electron chi connectivity index (χ1n) is 6.75. The van der Waals surface area contributed by atoms with Gasteiger partial charge in [0.2, 0.25) is 5.54 Å². The zero-order chi connectivity index (χ0) is 13.4. The monoisotopic (exact) mass is 260 g/mol. The van der Waals surface area contributed by atoms with Crippen molar-refractivity contribution < 1.29 is 15.1 Å². The summed E-state index contributed by atoms with van der Waals surface area (Å²) in [5.41, 5.74) is -0.920. The number of hydrogen-bond donors (Lipinski definition) is 3. The molecule has 1 unspecified atom stereocenters. The van der Waals surface area contributed by atoms with Gasteiger partial charge in [-0.25, -0.2) is 0 Å². The number of nitro groups is 1. The molecule has 1 rings (SSSR count). The predicted octanol–water partition coefficient (Wildman–Crippen LogP) is 0.689. The van der Waals surface area contributed by atoms with Crippen molar-refractivity contribution in [2.75, 3.05) is 19.7 Å². The molecule has 6 heteroatoms. The summed E-state index contributed by atoms with van der Waals surface area (Å²) >= 11 is 0. The summed E-state index contributed by atoms with van der Waals surface area (Å²) in [6, 6.07) is 0. The Morgan fingerprint density at radius 3 is 2.56 bits per heavy atom. The van der Waals surface area contributed by atoms with Crippen LogP contribution in [0.3, 0.4) is 0 Å². The molecule has 1 atom stereocenters. The van der Waals surface area contributed by atoms with Crippen LogP contribution >= 0.6 is 0 Å². The third-order valence-corrected chi connectivity index (χ3v) is 3.68. The molecule has 0 bridgehead atoms. The van der Waals surface area contributed by atoms with Crippen molar-refractivity contribution >= 4 is 0 Å². The Labute approximate surface area is 108 Å². The quantitative estimate of drug-likeness (QED) is 0.339. The number of aliphatic hydroxyl groups is 2. The summed E-state index contributed by atoms with van der Waals surface area (Å²) in [5.74, 6) is 0. The van der Waals surface area contributed by atoms with Crippen LogP contribution < -0.4 is 5.32 Å². The lowest BCUT2D eigenvalue weighted by atomic mass is 9.78. The smallest absolute Gasteiger partial charge is 0.224 e. The first-order valence-corrected chi connectivity index (χ1v) is 6.75. The maximum absolute atomic E-state index is 11.2. The van der Waals surface area contributed by atoms with Gasteiger partial charge in [-0.15, -0.1) is 0 Å². The van der Waals surface area contributed by atoms with Crippen molar-refractivity contribution in [3.63, 3.8) is 0 Å². The predicted molar refractivity (Wildman–Crippen MR) is 68.0 cm³/mol. The fourth-order valence-corrected chi connectivity index (χ4v) is 2.65. The van der Waals surface area contributed by atoms with Gasteiger partial charge in [0.15, 0.2) is 0 Å². The zero-order valence-electron chi connectivity index (χ0n) is 10.8. The lowest BCUT2D eigenvalue weighted by Crippen LogP contribution is -2.45. The standard InChI is InChI=1S/C12H24N2O4/c15-8-4-7-13-10-11(16)9-12(14(17)18)5-2-1-3-6-12/h11,13,15-16H,1-10H2. The van der Waals surface area contributed by atoms with E-state index in [-0.39, 0.29) is 18.0 Å². The average Bonchev–Trinajstić information content (AvgIpc) is 2.35. The largest absolute Gasteiger partial charge is 0.396 e. The zero-order valence-corrected chi connectivity index (χ0v) is 10.8. The van der Waals surface area contributed by atoms with Crippen LogP contribution in [0.4, 0.5) is 0 Å². The van der Waals surface area contributed by atoms with Crippen LogP contribution in [0.25, 0.3) is 0 Å². The van der Waals surface area contributed by atoms with Crippen LogP contribution in [-0.4, -0.2) is 46.5 Å². The van der Waals surface area contributed by atoms with Crippen molar-refractivity contribution in [3.05, 3.63) is 10.1 Å². The Kier molecular flexibility index (Phi) is 6.52. The van der Waals surface area contributed by atoms with Crippen LogP contribution in [0, 0.1) is 10.1 Å². The molecule has 0 amide bonds. The third kappa shape index (κ3) is 4.51.